The molecule has 0 fully saturated rings. The molecular formula is C13H8F8. The van der Waals surface area contributed by atoms with Crippen LogP contribution in [0, 0.1) is 11.8 Å². The van der Waals surface area contributed by atoms with Gasteiger partial charge in [-0.2, -0.15) is 26.3 Å². The van der Waals surface area contributed by atoms with E-state index >= 15 is 0 Å². The quantitative estimate of drug-likeness (QED) is 0.498. The predicted molar refractivity (Wildman–Crippen MR) is 58.6 cm³/mol. The van der Waals surface area contributed by atoms with Gasteiger partial charge in [0.05, 0.1) is 17.5 Å². The van der Waals surface area contributed by atoms with Crippen LogP contribution in [-0.4, -0.2) is 5.92 Å². The molecule has 0 aliphatic carbocycles. The van der Waals surface area contributed by atoms with Crippen molar-refractivity contribution in [2.45, 2.75) is 31.6 Å². The SMILES string of the molecule is CC(F)(F)CC#Cc1cc(C(F)(F)F)cc(C(F)(F)F)c1. The second-order valence-corrected chi connectivity index (χ2v) is 4.34. The van der Waals surface area contributed by atoms with Gasteiger partial charge in [0, 0.05) is 12.5 Å². The first kappa shape index (κ1) is 17.3. The molecule has 0 saturated carbocycles. The van der Waals surface area contributed by atoms with Crippen LogP contribution in [0.15, 0.2) is 18.2 Å². The third-order valence-corrected chi connectivity index (χ3v) is 2.22. The van der Waals surface area contributed by atoms with Gasteiger partial charge >= 0.3 is 12.4 Å². The first-order chi connectivity index (χ1) is 9.29. The van der Waals surface area contributed by atoms with E-state index in [2.05, 4.69) is 0 Å². The Kier molecular flexibility index (Phi) is 4.56. The standard InChI is InChI=1S/C13H8F8/c1-11(14,15)4-2-3-8-5-9(12(16,17)18)7-10(6-8)13(19,20)21/h5-7H,4H2,1H3. The van der Waals surface area contributed by atoms with Crippen LogP contribution in [0.2, 0.25) is 0 Å². The molecule has 0 radical (unpaired) electrons. The van der Waals surface area contributed by atoms with Crippen LogP contribution in [0.3, 0.4) is 0 Å². The molecule has 8 heteroatoms. The van der Waals surface area contributed by atoms with Crippen LogP contribution < -0.4 is 0 Å². The van der Waals surface area contributed by atoms with E-state index in [9.17, 15) is 35.1 Å². The van der Waals surface area contributed by atoms with Crippen LogP contribution in [-0.2, 0) is 12.4 Å². The average molecular weight is 316 g/mol. The summed E-state index contributed by atoms with van der Waals surface area (Å²) in [6.07, 6.45) is -11.0. The fourth-order valence-electron chi connectivity index (χ4n) is 1.33. The molecule has 0 unspecified atom stereocenters. The zero-order valence-electron chi connectivity index (χ0n) is 10.5. The van der Waals surface area contributed by atoms with E-state index in [0.717, 1.165) is 0 Å². The van der Waals surface area contributed by atoms with Gasteiger partial charge in [0.1, 0.15) is 0 Å². The third kappa shape index (κ3) is 5.61. The van der Waals surface area contributed by atoms with Crippen molar-refractivity contribution in [3.8, 4) is 11.8 Å². The lowest BCUT2D eigenvalue weighted by Crippen LogP contribution is -2.11. The number of hydrogen-bond acceptors (Lipinski definition) is 0. The molecule has 0 aliphatic heterocycles. The molecule has 1 rings (SSSR count). The Bertz CT molecular complexity index is 531. The van der Waals surface area contributed by atoms with E-state index in [4.69, 9.17) is 0 Å². The average Bonchev–Trinajstić information content (AvgIpc) is 2.24. The van der Waals surface area contributed by atoms with Crippen molar-refractivity contribution >= 4 is 0 Å². The normalized spacial score (nSPS) is 12.8. The van der Waals surface area contributed by atoms with Crippen molar-refractivity contribution in [1.29, 1.82) is 0 Å². The molecule has 0 atom stereocenters. The predicted octanol–water partition coefficient (Wildman–Crippen LogP) is 5.12. The zero-order chi connectivity index (χ0) is 16.5. The summed E-state index contributed by atoms with van der Waals surface area (Å²) in [6.45, 7) is 0.537. The number of hydrogen-bond donors (Lipinski definition) is 0. The maximum atomic E-state index is 12.5. The monoisotopic (exact) mass is 316 g/mol. The van der Waals surface area contributed by atoms with Crippen molar-refractivity contribution in [2.24, 2.45) is 0 Å². The van der Waals surface area contributed by atoms with E-state index in [-0.39, 0.29) is 6.07 Å². The van der Waals surface area contributed by atoms with Crippen molar-refractivity contribution in [3.05, 3.63) is 34.9 Å². The first-order valence-electron chi connectivity index (χ1n) is 5.45. The van der Waals surface area contributed by atoms with Gasteiger partial charge in [-0.05, 0) is 18.2 Å². The molecule has 116 valence electrons. The third-order valence-electron chi connectivity index (χ3n) is 2.22. The minimum atomic E-state index is -4.99. The molecule has 0 nitrogen and oxygen atoms in total. The summed E-state index contributed by atoms with van der Waals surface area (Å²) < 4.78 is 100. The van der Waals surface area contributed by atoms with E-state index in [1.807, 2.05) is 11.8 Å². The molecule has 0 saturated heterocycles. The van der Waals surface area contributed by atoms with Gasteiger partial charge in [0.2, 0.25) is 0 Å². The van der Waals surface area contributed by atoms with Crippen molar-refractivity contribution in [3.63, 3.8) is 0 Å². The summed E-state index contributed by atoms with van der Waals surface area (Å²) in [5.41, 5.74) is -3.70. The first-order valence-corrected chi connectivity index (χ1v) is 5.45. The lowest BCUT2D eigenvalue weighted by Gasteiger charge is -2.12. The minimum Gasteiger partial charge on any atom is -0.206 e. The Hall–Kier alpha value is -1.78. The van der Waals surface area contributed by atoms with E-state index < -0.39 is 41.4 Å². The Morgan fingerprint density at radius 1 is 0.810 bits per heavy atom. The zero-order valence-corrected chi connectivity index (χ0v) is 10.5. The van der Waals surface area contributed by atoms with Gasteiger partial charge < -0.3 is 0 Å². The summed E-state index contributed by atoms with van der Waals surface area (Å²) in [5, 5.41) is 0. The highest BCUT2D eigenvalue weighted by atomic mass is 19.4. The number of alkyl halides is 8. The van der Waals surface area contributed by atoms with Crippen LogP contribution in [0.25, 0.3) is 0 Å². The Labute approximate surface area is 114 Å². The molecule has 0 aliphatic rings. The summed E-state index contributed by atoms with van der Waals surface area (Å²) in [6, 6.07) is 0.714. The van der Waals surface area contributed by atoms with Gasteiger partial charge in [0.15, 0.2) is 0 Å². The van der Waals surface area contributed by atoms with Crippen molar-refractivity contribution in [1.82, 2.24) is 0 Å². The minimum absolute atomic E-state index is 0.0559. The molecule has 0 amide bonds. The Morgan fingerprint density at radius 2 is 1.24 bits per heavy atom. The number of benzene rings is 1. The lowest BCUT2D eigenvalue weighted by atomic mass is 10.0. The highest BCUT2D eigenvalue weighted by molar-refractivity contribution is 5.42. The van der Waals surface area contributed by atoms with Gasteiger partial charge in [-0.25, -0.2) is 8.78 Å². The second kappa shape index (κ2) is 5.54. The van der Waals surface area contributed by atoms with Gasteiger partial charge in [-0.1, -0.05) is 11.8 Å². The largest absolute Gasteiger partial charge is 0.416 e. The highest BCUT2D eigenvalue weighted by Gasteiger charge is 2.36. The summed E-state index contributed by atoms with van der Waals surface area (Å²) in [7, 11) is 0. The Balaban J connectivity index is 3.27. The molecule has 0 aromatic heterocycles. The van der Waals surface area contributed by atoms with Gasteiger partial charge in [0.25, 0.3) is 5.92 Å². The number of halogens is 8. The molecule has 1 aromatic rings. The summed E-state index contributed by atoms with van der Waals surface area (Å²) >= 11 is 0. The molecule has 0 heterocycles. The van der Waals surface area contributed by atoms with Crippen LogP contribution >= 0.6 is 0 Å². The molecule has 0 N–H and O–H groups in total. The molecule has 0 spiro atoms. The molecule has 21 heavy (non-hydrogen) atoms. The van der Waals surface area contributed by atoms with Crippen molar-refractivity contribution in [2.75, 3.05) is 0 Å². The van der Waals surface area contributed by atoms with Crippen LogP contribution in [0.5, 0.6) is 0 Å². The fourth-order valence-corrected chi connectivity index (χ4v) is 1.33. The topological polar surface area (TPSA) is 0 Å². The van der Waals surface area contributed by atoms with Gasteiger partial charge in [-0.15, -0.1) is 0 Å². The van der Waals surface area contributed by atoms with E-state index in [1.165, 1.54) is 0 Å². The van der Waals surface area contributed by atoms with Gasteiger partial charge in [-0.3, -0.25) is 0 Å². The smallest absolute Gasteiger partial charge is 0.206 e. The molecule has 0 bridgehead atoms. The van der Waals surface area contributed by atoms with Crippen molar-refractivity contribution < 1.29 is 35.1 Å². The van der Waals surface area contributed by atoms with E-state index in [0.29, 0.717) is 19.1 Å². The summed E-state index contributed by atoms with van der Waals surface area (Å²) in [4.78, 5) is 0. The summed E-state index contributed by atoms with van der Waals surface area (Å²) in [5.74, 6) is 0.581. The maximum Gasteiger partial charge on any atom is 0.416 e. The van der Waals surface area contributed by atoms with E-state index in [1.54, 1.807) is 0 Å². The lowest BCUT2D eigenvalue weighted by molar-refractivity contribution is -0.143. The molecular weight excluding hydrogens is 308 g/mol. The molecule has 1 aromatic carbocycles. The fraction of sp³-hybridized carbons (Fsp3) is 0.385. The Morgan fingerprint density at radius 3 is 1.57 bits per heavy atom. The highest BCUT2D eigenvalue weighted by Crippen LogP contribution is 2.36. The van der Waals surface area contributed by atoms with Crippen LogP contribution in [0.4, 0.5) is 35.1 Å². The maximum absolute atomic E-state index is 12.5. The number of rotatable bonds is 1. The second-order valence-electron chi connectivity index (χ2n) is 4.34. The van der Waals surface area contributed by atoms with Crippen LogP contribution in [0.1, 0.15) is 30.0 Å².